The van der Waals surface area contributed by atoms with Gasteiger partial charge in [-0.2, -0.15) is 0 Å². The molecular weight excluding hydrogens is 239 g/mol. The van der Waals surface area contributed by atoms with E-state index < -0.39 is 0 Å². The van der Waals surface area contributed by atoms with Gasteiger partial charge in [0, 0.05) is 30.2 Å². The number of hydrogen-bond donors (Lipinski definition) is 1. The fourth-order valence-electron chi connectivity index (χ4n) is 3.52. The minimum atomic E-state index is -0.0962. The molecule has 4 rings (SSSR count). The highest BCUT2D eigenvalue weighted by Gasteiger charge is 2.29. The van der Waals surface area contributed by atoms with Crippen LogP contribution in [0.1, 0.15) is 30.5 Å². The first-order chi connectivity index (χ1) is 9.24. The maximum Gasteiger partial charge on any atom is 0.147 e. The van der Waals surface area contributed by atoms with Gasteiger partial charge in [-0.3, -0.25) is 0 Å². The highest BCUT2D eigenvalue weighted by molar-refractivity contribution is 5.86. The third-order valence-electron chi connectivity index (χ3n) is 4.63. The van der Waals surface area contributed by atoms with Crippen LogP contribution in [0.4, 0.5) is 4.39 Å². The van der Waals surface area contributed by atoms with Crippen LogP contribution in [-0.4, -0.2) is 16.7 Å². The van der Waals surface area contributed by atoms with Gasteiger partial charge in [-0.1, -0.05) is 12.1 Å². The predicted octanol–water partition coefficient (Wildman–Crippen LogP) is 2.93. The number of nitrogens with one attached hydrogen (secondary N) is 1. The summed E-state index contributed by atoms with van der Waals surface area (Å²) in [7, 11) is 2.00. The van der Waals surface area contributed by atoms with Crippen LogP contribution in [0.15, 0.2) is 18.2 Å². The average molecular weight is 258 g/mol. The number of fused-ring (bicyclic) bond motifs is 3. The summed E-state index contributed by atoms with van der Waals surface area (Å²) in [6.07, 6.45) is 5.94. The lowest BCUT2D eigenvalue weighted by atomic mass is 9.91. The van der Waals surface area contributed by atoms with E-state index in [1.807, 2.05) is 13.1 Å². The zero-order valence-corrected chi connectivity index (χ0v) is 11.2. The van der Waals surface area contributed by atoms with Crippen molar-refractivity contribution in [1.29, 1.82) is 0 Å². The van der Waals surface area contributed by atoms with Gasteiger partial charge in [0.15, 0.2) is 0 Å². The molecule has 19 heavy (non-hydrogen) atoms. The summed E-state index contributed by atoms with van der Waals surface area (Å²) in [4.78, 5) is 0. The predicted molar refractivity (Wildman–Crippen MR) is 74.8 cm³/mol. The molecule has 1 aromatic heterocycles. The number of aromatic nitrogens is 1. The van der Waals surface area contributed by atoms with Gasteiger partial charge in [0.05, 0.1) is 5.52 Å². The van der Waals surface area contributed by atoms with Crippen molar-refractivity contribution in [3.05, 3.63) is 35.3 Å². The Morgan fingerprint density at radius 3 is 2.84 bits per heavy atom. The Balaban J connectivity index is 1.78. The molecule has 1 saturated carbocycles. The fourth-order valence-corrected chi connectivity index (χ4v) is 3.52. The van der Waals surface area contributed by atoms with Gasteiger partial charge in [-0.15, -0.1) is 0 Å². The summed E-state index contributed by atoms with van der Waals surface area (Å²) in [5.74, 6) is -0.0962. The number of nitrogens with zero attached hydrogens (tertiary/aromatic N) is 1. The minimum Gasteiger partial charge on any atom is -0.345 e. The highest BCUT2D eigenvalue weighted by atomic mass is 19.1. The van der Waals surface area contributed by atoms with E-state index in [9.17, 15) is 4.39 Å². The second kappa shape index (κ2) is 4.07. The van der Waals surface area contributed by atoms with Gasteiger partial charge in [0.2, 0.25) is 0 Å². The van der Waals surface area contributed by atoms with E-state index in [2.05, 4.69) is 16.0 Å². The Labute approximate surface area is 112 Å². The lowest BCUT2D eigenvalue weighted by Crippen LogP contribution is -2.36. The van der Waals surface area contributed by atoms with Crippen LogP contribution >= 0.6 is 0 Å². The third kappa shape index (κ3) is 1.79. The van der Waals surface area contributed by atoms with Crippen molar-refractivity contribution in [3.63, 3.8) is 0 Å². The molecule has 2 aliphatic rings. The zero-order valence-electron chi connectivity index (χ0n) is 11.2. The molecule has 2 aliphatic carbocycles. The van der Waals surface area contributed by atoms with E-state index in [0.717, 1.165) is 29.8 Å². The summed E-state index contributed by atoms with van der Waals surface area (Å²) in [5.41, 5.74) is 3.47. The van der Waals surface area contributed by atoms with Crippen LogP contribution in [0.2, 0.25) is 0 Å². The van der Waals surface area contributed by atoms with E-state index in [-0.39, 0.29) is 5.82 Å². The summed E-state index contributed by atoms with van der Waals surface area (Å²) < 4.78 is 16.1. The van der Waals surface area contributed by atoms with Crippen molar-refractivity contribution in [2.75, 3.05) is 0 Å². The Bertz CT molecular complexity index is 640. The van der Waals surface area contributed by atoms with E-state index in [1.165, 1.54) is 30.5 Å². The molecule has 100 valence electrons. The lowest BCUT2D eigenvalue weighted by Gasteiger charge is -2.24. The quantitative estimate of drug-likeness (QED) is 0.876. The summed E-state index contributed by atoms with van der Waals surface area (Å²) in [6, 6.07) is 6.78. The van der Waals surface area contributed by atoms with E-state index >= 15 is 0 Å². The van der Waals surface area contributed by atoms with Gasteiger partial charge >= 0.3 is 0 Å². The Kier molecular flexibility index (Phi) is 2.46. The summed E-state index contributed by atoms with van der Waals surface area (Å²) >= 11 is 0. The maximum absolute atomic E-state index is 14.0. The van der Waals surface area contributed by atoms with Gasteiger partial charge < -0.3 is 9.88 Å². The van der Waals surface area contributed by atoms with Crippen LogP contribution in [0.5, 0.6) is 0 Å². The standard InChI is InChI=1S/C16H19FN2/c1-19-15-8-7-11(18-10-5-6-10)9-13(15)12-3-2-4-14(17)16(12)19/h2-4,10-11,18H,5-9H2,1H3. The molecule has 1 N–H and O–H groups in total. The van der Waals surface area contributed by atoms with Crippen molar-refractivity contribution in [2.24, 2.45) is 7.05 Å². The van der Waals surface area contributed by atoms with Crippen molar-refractivity contribution >= 4 is 10.9 Å². The molecular formula is C16H19FN2. The normalized spacial score (nSPS) is 22.7. The Hall–Kier alpha value is -1.35. The molecule has 0 bridgehead atoms. The molecule has 2 nitrogen and oxygen atoms in total. The van der Waals surface area contributed by atoms with Crippen molar-refractivity contribution in [2.45, 2.75) is 44.2 Å². The molecule has 0 amide bonds. The average Bonchev–Trinajstić information content (AvgIpc) is 3.17. The first kappa shape index (κ1) is 11.5. The zero-order chi connectivity index (χ0) is 13.0. The molecule has 3 heteroatoms. The van der Waals surface area contributed by atoms with Crippen molar-refractivity contribution < 1.29 is 4.39 Å². The van der Waals surface area contributed by atoms with Crippen LogP contribution < -0.4 is 5.32 Å². The van der Waals surface area contributed by atoms with Gasteiger partial charge in [-0.05, 0) is 43.7 Å². The SMILES string of the molecule is Cn1c2c(c3cccc(F)c31)CC(NC1CC1)CC2. The van der Waals surface area contributed by atoms with E-state index in [0.29, 0.717) is 6.04 Å². The second-order valence-corrected chi connectivity index (χ2v) is 6.00. The Morgan fingerprint density at radius 1 is 1.21 bits per heavy atom. The number of benzene rings is 1. The number of hydrogen-bond acceptors (Lipinski definition) is 1. The van der Waals surface area contributed by atoms with Crippen LogP contribution in [0.3, 0.4) is 0 Å². The van der Waals surface area contributed by atoms with E-state index in [4.69, 9.17) is 0 Å². The molecule has 1 atom stereocenters. The van der Waals surface area contributed by atoms with Crippen molar-refractivity contribution in [3.8, 4) is 0 Å². The molecule has 1 heterocycles. The molecule has 0 radical (unpaired) electrons. The first-order valence-electron chi connectivity index (χ1n) is 7.24. The minimum absolute atomic E-state index is 0.0962. The van der Waals surface area contributed by atoms with Gasteiger partial charge in [0.1, 0.15) is 5.82 Å². The molecule has 1 fully saturated rings. The Morgan fingerprint density at radius 2 is 2.05 bits per heavy atom. The van der Waals surface area contributed by atoms with Gasteiger partial charge in [0.25, 0.3) is 0 Å². The number of para-hydroxylation sites is 1. The smallest absolute Gasteiger partial charge is 0.147 e. The summed E-state index contributed by atoms with van der Waals surface area (Å²) in [5, 5.41) is 4.83. The fraction of sp³-hybridized carbons (Fsp3) is 0.500. The van der Waals surface area contributed by atoms with Crippen LogP contribution in [-0.2, 0) is 19.9 Å². The number of rotatable bonds is 2. The van der Waals surface area contributed by atoms with Crippen LogP contribution in [0.25, 0.3) is 10.9 Å². The topological polar surface area (TPSA) is 17.0 Å². The third-order valence-corrected chi connectivity index (χ3v) is 4.63. The van der Waals surface area contributed by atoms with E-state index in [1.54, 1.807) is 6.07 Å². The first-order valence-corrected chi connectivity index (χ1v) is 7.24. The highest BCUT2D eigenvalue weighted by Crippen LogP contribution is 2.33. The molecule has 1 aromatic carbocycles. The molecule has 0 spiro atoms. The largest absolute Gasteiger partial charge is 0.345 e. The number of aryl methyl sites for hydroxylation is 1. The molecule has 0 saturated heterocycles. The molecule has 0 aliphatic heterocycles. The summed E-state index contributed by atoms with van der Waals surface area (Å²) in [6.45, 7) is 0. The molecule has 1 unspecified atom stereocenters. The monoisotopic (exact) mass is 258 g/mol. The number of halogens is 1. The molecule has 2 aromatic rings. The maximum atomic E-state index is 14.0. The van der Waals surface area contributed by atoms with Gasteiger partial charge in [-0.25, -0.2) is 4.39 Å². The van der Waals surface area contributed by atoms with Crippen molar-refractivity contribution in [1.82, 2.24) is 9.88 Å². The van der Waals surface area contributed by atoms with Crippen LogP contribution in [0, 0.1) is 5.82 Å². The lowest BCUT2D eigenvalue weighted by molar-refractivity contribution is 0.450. The second-order valence-electron chi connectivity index (χ2n) is 6.00.